The van der Waals surface area contributed by atoms with Gasteiger partial charge in [-0.2, -0.15) is 0 Å². The highest BCUT2D eigenvalue weighted by Crippen LogP contribution is 2.22. The molecule has 1 saturated heterocycles. The molecule has 1 unspecified atom stereocenters. The summed E-state index contributed by atoms with van der Waals surface area (Å²) in [6, 6.07) is 5.35. The quantitative estimate of drug-likeness (QED) is 0.726. The zero-order valence-corrected chi connectivity index (χ0v) is 14.1. The highest BCUT2D eigenvalue weighted by atomic mass is 19.1. The first-order valence-electron chi connectivity index (χ1n) is 8.19. The van der Waals surface area contributed by atoms with Crippen molar-refractivity contribution < 1.29 is 14.0 Å². The van der Waals surface area contributed by atoms with Gasteiger partial charge in [0.2, 0.25) is 11.8 Å². The molecular formula is C17H25FN4O2. The van der Waals surface area contributed by atoms with E-state index in [1.54, 1.807) is 17.0 Å². The number of amides is 2. The molecule has 0 radical (unpaired) electrons. The number of carbonyl (C=O) groups is 2. The molecule has 7 heteroatoms. The summed E-state index contributed by atoms with van der Waals surface area (Å²) in [6.07, 6.45) is 0. The summed E-state index contributed by atoms with van der Waals surface area (Å²) in [5.74, 6) is -0.869. The molecule has 132 valence electrons. The Labute approximate surface area is 141 Å². The number of hydrogen-bond donors (Lipinski definition) is 3. The molecule has 2 atom stereocenters. The average molecular weight is 336 g/mol. The van der Waals surface area contributed by atoms with Crippen LogP contribution in [0, 0.1) is 11.7 Å². The van der Waals surface area contributed by atoms with Crippen LogP contribution in [-0.4, -0.2) is 48.9 Å². The zero-order valence-electron chi connectivity index (χ0n) is 14.1. The Morgan fingerprint density at radius 2 is 2.21 bits per heavy atom. The van der Waals surface area contributed by atoms with E-state index >= 15 is 0 Å². The van der Waals surface area contributed by atoms with Crippen molar-refractivity contribution in [2.45, 2.75) is 25.9 Å². The number of piperazine rings is 1. The lowest BCUT2D eigenvalue weighted by atomic mass is 10.0. The second kappa shape index (κ2) is 8.21. The van der Waals surface area contributed by atoms with Gasteiger partial charge in [0.25, 0.3) is 0 Å². The molecule has 0 saturated carbocycles. The molecule has 0 aromatic heterocycles. The molecule has 2 rings (SSSR count). The number of hydrogen-bond acceptors (Lipinski definition) is 4. The van der Waals surface area contributed by atoms with Gasteiger partial charge in [0.1, 0.15) is 5.82 Å². The summed E-state index contributed by atoms with van der Waals surface area (Å²) < 4.78 is 13.5. The molecule has 1 aliphatic rings. The van der Waals surface area contributed by atoms with Gasteiger partial charge in [0.05, 0.1) is 18.6 Å². The van der Waals surface area contributed by atoms with E-state index in [2.05, 4.69) is 10.6 Å². The van der Waals surface area contributed by atoms with E-state index in [9.17, 15) is 14.0 Å². The maximum absolute atomic E-state index is 13.5. The van der Waals surface area contributed by atoms with Crippen molar-refractivity contribution in [1.82, 2.24) is 15.5 Å². The third kappa shape index (κ3) is 4.52. The Bertz CT molecular complexity index is 594. The van der Waals surface area contributed by atoms with Crippen LogP contribution < -0.4 is 16.4 Å². The number of halogens is 1. The highest BCUT2D eigenvalue weighted by molar-refractivity contribution is 5.87. The van der Waals surface area contributed by atoms with Gasteiger partial charge in [-0.1, -0.05) is 26.0 Å². The SMILES string of the molecule is CC(C)[C@H](N)C(=O)NCC(=O)N1CCNCC1c1cccc(F)c1. The van der Waals surface area contributed by atoms with Crippen LogP contribution in [0.3, 0.4) is 0 Å². The predicted octanol–water partition coefficient (Wildman–Crippen LogP) is 0.398. The van der Waals surface area contributed by atoms with E-state index in [-0.39, 0.29) is 36.1 Å². The van der Waals surface area contributed by atoms with E-state index in [0.717, 1.165) is 5.56 Å². The van der Waals surface area contributed by atoms with Crippen molar-refractivity contribution in [2.75, 3.05) is 26.2 Å². The standard InChI is InChI=1S/C17H25FN4O2/c1-11(2)16(19)17(24)21-10-15(23)22-7-6-20-9-14(22)12-4-3-5-13(18)8-12/h3-5,8,11,14,16,20H,6-7,9-10,19H2,1-2H3,(H,21,24)/t14?,16-/m0/s1. The van der Waals surface area contributed by atoms with Crippen LogP contribution in [0.15, 0.2) is 24.3 Å². The van der Waals surface area contributed by atoms with Crippen molar-refractivity contribution in [3.63, 3.8) is 0 Å². The van der Waals surface area contributed by atoms with Gasteiger partial charge in [-0.25, -0.2) is 4.39 Å². The number of benzene rings is 1. The summed E-state index contributed by atoms with van der Waals surface area (Å²) in [5, 5.41) is 5.81. The van der Waals surface area contributed by atoms with Crippen LogP contribution in [0.4, 0.5) is 4.39 Å². The maximum Gasteiger partial charge on any atom is 0.242 e. The van der Waals surface area contributed by atoms with Crippen LogP contribution in [0.5, 0.6) is 0 Å². The van der Waals surface area contributed by atoms with Gasteiger partial charge in [0, 0.05) is 19.6 Å². The van der Waals surface area contributed by atoms with Crippen LogP contribution in [0.2, 0.25) is 0 Å². The molecule has 1 aromatic carbocycles. The Morgan fingerprint density at radius 1 is 1.46 bits per heavy atom. The summed E-state index contributed by atoms with van der Waals surface area (Å²) >= 11 is 0. The van der Waals surface area contributed by atoms with Crippen molar-refractivity contribution >= 4 is 11.8 Å². The first kappa shape index (κ1) is 18.4. The topological polar surface area (TPSA) is 87.5 Å². The molecule has 1 fully saturated rings. The van der Waals surface area contributed by atoms with E-state index in [1.165, 1.54) is 12.1 Å². The van der Waals surface area contributed by atoms with Gasteiger partial charge in [-0.3, -0.25) is 9.59 Å². The third-order valence-electron chi connectivity index (χ3n) is 4.23. The molecule has 1 heterocycles. The first-order valence-corrected chi connectivity index (χ1v) is 8.19. The summed E-state index contributed by atoms with van der Waals surface area (Å²) in [4.78, 5) is 26.1. The van der Waals surface area contributed by atoms with E-state index in [4.69, 9.17) is 5.73 Å². The van der Waals surface area contributed by atoms with Gasteiger partial charge in [0.15, 0.2) is 0 Å². The average Bonchev–Trinajstić information content (AvgIpc) is 2.58. The predicted molar refractivity (Wildman–Crippen MR) is 89.5 cm³/mol. The van der Waals surface area contributed by atoms with E-state index in [0.29, 0.717) is 19.6 Å². The zero-order chi connectivity index (χ0) is 17.7. The molecule has 0 bridgehead atoms. The van der Waals surface area contributed by atoms with Crippen molar-refractivity contribution in [3.8, 4) is 0 Å². The van der Waals surface area contributed by atoms with Crippen LogP contribution in [0.25, 0.3) is 0 Å². The van der Waals surface area contributed by atoms with Crippen LogP contribution in [0.1, 0.15) is 25.5 Å². The molecule has 4 N–H and O–H groups in total. The molecule has 2 amide bonds. The van der Waals surface area contributed by atoms with Crippen LogP contribution >= 0.6 is 0 Å². The summed E-state index contributed by atoms with van der Waals surface area (Å²) in [7, 11) is 0. The largest absolute Gasteiger partial charge is 0.346 e. The number of nitrogens with zero attached hydrogens (tertiary/aromatic N) is 1. The molecule has 1 aromatic rings. The minimum Gasteiger partial charge on any atom is -0.346 e. The first-order chi connectivity index (χ1) is 11.4. The molecule has 1 aliphatic heterocycles. The molecule has 0 aliphatic carbocycles. The van der Waals surface area contributed by atoms with Gasteiger partial charge >= 0.3 is 0 Å². The second-order valence-corrected chi connectivity index (χ2v) is 6.35. The minimum atomic E-state index is -0.639. The minimum absolute atomic E-state index is 0.000619. The Balaban J connectivity index is 2.02. The summed E-state index contributed by atoms with van der Waals surface area (Å²) in [5.41, 5.74) is 6.51. The van der Waals surface area contributed by atoms with Crippen molar-refractivity contribution in [1.29, 1.82) is 0 Å². The number of nitrogens with two attached hydrogens (primary N) is 1. The maximum atomic E-state index is 13.5. The van der Waals surface area contributed by atoms with Gasteiger partial charge < -0.3 is 21.3 Å². The van der Waals surface area contributed by atoms with Gasteiger partial charge in [-0.15, -0.1) is 0 Å². The van der Waals surface area contributed by atoms with Crippen LogP contribution in [-0.2, 0) is 9.59 Å². The fourth-order valence-electron chi connectivity index (χ4n) is 2.70. The highest BCUT2D eigenvalue weighted by Gasteiger charge is 2.28. The van der Waals surface area contributed by atoms with E-state index < -0.39 is 6.04 Å². The lowest BCUT2D eigenvalue weighted by molar-refractivity contribution is -0.136. The lowest BCUT2D eigenvalue weighted by Crippen LogP contribution is -2.53. The third-order valence-corrected chi connectivity index (χ3v) is 4.23. The monoisotopic (exact) mass is 336 g/mol. The normalized spacial score (nSPS) is 19.2. The Morgan fingerprint density at radius 3 is 2.88 bits per heavy atom. The lowest BCUT2D eigenvalue weighted by Gasteiger charge is -2.36. The number of rotatable bonds is 5. The number of nitrogens with one attached hydrogen (secondary N) is 2. The fourth-order valence-corrected chi connectivity index (χ4v) is 2.70. The Hall–Kier alpha value is -1.99. The molecular weight excluding hydrogens is 311 g/mol. The van der Waals surface area contributed by atoms with E-state index in [1.807, 2.05) is 13.8 Å². The van der Waals surface area contributed by atoms with Crippen molar-refractivity contribution in [2.24, 2.45) is 11.7 Å². The fraction of sp³-hybridized carbons (Fsp3) is 0.529. The Kier molecular flexibility index (Phi) is 6.28. The second-order valence-electron chi connectivity index (χ2n) is 6.35. The summed E-state index contributed by atoms with van der Waals surface area (Å²) in [6.45, 7) is 5.31. The van der Waals surface area contributed by atoms with Crippen molar-refractivity contribution in [3.05, 3.63) is 35.6 Å². The van der Waals surface area contributed by atoms with Gasteiger partial charge in [-0.05, 0) is 23.6 Å². The number of carbonyl (C=O) groups excluding carboxylic acids is 2. The molecule has 6 nitrogen and oxygen atoms in total. The molecule has 24 heavy (non-hydrogen) atoms. The smallest absolute Gasteiger partial charge is 0.242 e. The molecule has 0 spiro atoms.